The van der Waals surface area contributed by atoms with Crippen LogP contribution in [0.1, 0.15) is 40.9 Å². The summed E-state index contributed by atoms with van der Waals surface area (Å²) in [5.74, 6) is 2.40. The first-order valence-electron chi connectivity index (χ1n) is 12.1. The zero-order valence-electron chi connectivity index (χ0n) is 20.3. The smallest absolute Gasteiger partial charge is 0.165 e. The zero-order chi connectivity index (χ0) is 24.8. The molecule has 3 heterocycles. The van der Waals surface area contributed by atoms with Crippen molar-refractivity contribution in [1.82, 2.24) is 14.6 Å². The Morgan fingerprint density at radius 2 is 2.00 bits per heavy atom. The predicted molar refractivity (Wildman–Crippen MR) is 138 cm³/mol. The Hall–Kier alpha value is -3.60. The Balaban J connectivity index is 1.52. The number of halogens is 1. The van der Waals surface area contributed by atoms with Gasteiger partial charge in [0.15, 0.2) is 5.65 Å². The van der Waals surface area contributed by atoms with E-state index in [1.54, 1.807) is 7.11 Å². The van der Waals surface area contributed by atoms with Crippen molar-refractivity contribution in [2.75, 3.05) is 18.6 Å². The van der Waals surface area contributed by atoms with E-state index in [-0.39, 0.29) is 0 Å². The lowest BCUT2D eigenvalue weighted by Gasteiger charge is -2.27. The molecular weight excluding hydrogens is 474 g/mol. The Morgan fingerprint density at radius 3 is 2.69 bits per heavy atom. The topological polar surface area (TPSA) is 75.7 Å². The van der Waals surface area contributed by atoms with Crippen LogP contribution in [0.2, 0.25) is 5.02 Å². The van der Waals surface area contributed by atoms with Crippen molar-refractivity contribution in [2.24, 2.45) is 5.92 Å². The third-order valence-corrected chi connectivity index (χ3v) is 7.27. The molecule has 2 aliphatic rings. The van der Waals surface area contributed by atoms with Gasteiger partial charge in [-0.3, -0.25) is 0 Å². The number of fused-ring (bicyclic) bond motifs is 2. The van der Waals surface area contributed by atoms with E-state index < -0.39 is 0 Å². The van der Waals surface area contributed by atoms with Crippen LogP contribution in [0.15, 0.2) is 42.5 Å². The maximum Gasteiger partial charge on any atom is 0.165 e. The molecule has 2 aromatic carbocycles. The van der Waals surface area contributed by atoms with Gasteiger partial charge in [-0.05, 0) is 61.6 Å². The lowest BCUT2D eigenvalue weighted by Crippen LogP contribution is -2.29. The quantitative estimate of drug-likeness (QED) is 0.325. The number of nitriles is 1. The first kappa shape index (κ1) is 22.8. The number of benzene rings is 2. The molecule has 0 amide bonds. The minimum Gasteiger partial charge on any atom is -0.497 e. The summed E-state index contributed by atoms with van der Waals surface area (Å²) in [6.07, 6.45) is 2.48. The van der Waals surface area contributed by atoms with Crippen LogP contribution in [0.4, 0.5) is 5.82 Å². The molecule has 1 aliphatic carbocycles. The molecule has 8 heteroatoms. The predicted octanol–water partition coefficient (Wildman–Crippen LogP) is 5.69. The van der Waals surface area contributed by atoms with Gasteiger partial charge in [0, 0.05) is 24.2 Å². The number of hydrogen-bond donors (Lipinski definition) is 0. The molecular formula is C28H26ClN5O2. The number of aromatic nitrogens is 3. The zero-order valence-corrected chi connectivity index (χ0v) is 21.0. The van der Waals surface area contributed by atoms with Crippen LogP contribution < -0.4 is 9.64 Å². The van der Waals surface area contributed by atoms with Crippen LogP contribution in [0.25, 0.3) is 16.8 Å². The summed E-state index contributed by atoms with van der Waals surface area (Å²) in [5, 5.41) is 14.8. The van der Waals surface area contributed by atoms with Gasteiger partial charge in [-0.25, -0.2) is 4.98 Å². The second-order valence-corrected chi connectivity index (χ2v) is 9.93. The van der Waals surface area contributed by atoms with Crippen LogP contribution in [0, 0.1) is 24.2 Å². The number of aryl methyl sites for hydroxylation is 1. The molecule has 7 nitrogen and oxygen atoms in total. The van der Waals surface area contributed by atoms with E-state index in [2.05, 4.69) is 11.0 Å². The minimum atomic E-state index is 0.479. The SMILES string of the molecule is COc1ccc(-c2c(C)nn3c(N(Cc4ccc(C#N)cc4)CC4CC4)c4c(nc23)COC4)c(Cl)c1. The van der Waals surface area contributed by atoms with Crippen molar-refractivity contribution >= 4 is 23.1 Å². The van der Waals surface area contributed by atoms with Gasteiger partial charge in [0.25, 0.3) is 0 Å². The summed E-state index contributed by atoms with van der Waals surface area (Å²) >= 11 is 6.70. The van der Waals surface area contributed by atoms with Crippen LogP contribution in [-0.2, 0) is 24.5 Å². The molecule has 36 heavy (non-hydrogen) atoms. The average Bonchev–Trinajstić information content (AvgIpc) is 3.48. The molecule has 1 fully saturated rings. The molecule has 0 atom stereocenters. The van der Waals surface area contributed by atoms with Gasteiger partial charge in [-0.2, -0.15) is 14.9 Å². The first-order chi connectivity index (χ1) is 17.6. The Labute approximate surface area is 214 Å². The highest BCUT2D eigenvalue weighted by molar-refractivity contribution is 6.33. The molecule has 0 N–H and O–H groups in total. The van der Waals surface area contributed by atoms with Crippen molar-refractivity contribution in [2.45, 2.75) is 39.5 Å². The first-order valence-corrected chi connectivity index (χ1v) is 12.5. The Morgan fingerprint density at radius 1 is 1.19 bits per heavy atom. The highest BCUT2D eigenvalue weighted by atomic mass is 35.5. The van der Waals surface area contributed by atoms with Gasteiger partial charge in [0.1, 0.15) is 11.6 Å². The Bertz CT molecular complexity index is 1500. The average molecular weight is 500 g/mol. The fourth-order valence-electron chi connectivity index (χ4n) is 4.94. The standard InChI is InChI=1S/C28H26ClN5O2/c1-17-26(22-10-9-21(35-2)11-24(22)29)27-31-25-16-36-15-23(25)28(34(27)32-17)33(14-20-7-8-20)13-19-5-3-18(12-30)4-6-19/h3-6,9-11,20H,7-8,13-16H2,1-2H3. The monoisotopic (exact) mass is 499 g/mol. The minimum absolute atomic E-state index is 0.479. The van der Waals surface area contributed by atoms with Crippen molar-refractivity contribution in [1.29, 1.82) is 5.26 Å². The van der Waals surface area contributed by atoms with E-state index >= 15 is 0 Å². The lowest BCUT2D eigenvalue weighted by molar-refractivity contribution is 0.133. The summed E-state index contributed by atoms with van der Waals surface area (Å²) in [5.41, 5.74) is 7.29. The maximum atomic E-state index is 9.20. The normalized spacial score (nSPS) is 14.6. The largest absolute Gasteiger partial charge is 0.497 e. The molecule has 0 unspecified atom stereocenters. The van der Waals surface area contributed by atoms with Gasteiger partial charge in [-0.15, -0.1) is 0 Å². The lowest BCUT2D eigenvalue weighted by atomic mass is 10.1. The van der Waals surface area contributed by atoms with Crippen molar-refractivity contribution in [3.05, 3.63) is 75.6 Å². The highest BCUT2D eigenvalue weighted by Gasteiger charge is 2.31. The number of hydrogen-bond acceptors (Lipinski definition) is 6. The molecule has 1 aliphatic heterocycles. The second kappa shape index (κ2) is 9.12. The summed E-state index contributed by atoms with van der Waals surface area (Å²) in [7, 11) is 1.63. The molecule has 0 spiro atoms. The highest BCUT2D eigenvalue weighted by Crippen LogP contribution is 2.40. The van der Waals surface area contributed by atoms with E-state index in [4.69, 9.17) is 31.2 Å². The summed E-state index contributed by atoms with van der Waals surface area (Å²) in [4.78, 5) is 7.44. The summed E-state index contributed by atoms with van der Waals surface area (Å²) in [6, 6.07) is 15.7. The maximum absolute atomic E-state index is 9.20. The molecule has 0 radical (unpaired) electrons. The van der Waals surface area contributed by atoms with E-state index in [1.807, 2.05) is 53.9 Å². The molecule has 4 aromatic rings. The van der Waals surface area contributed by atoms with Crippen molar-refractivity contribution < 1.29 is 9.47 Å². The molecule has 1 saturated carbocycles. The van der Waals surface area contributed by atoms with E-state index in [1.165, 1.54) is 12.8 Å². The van der Waals surface area contributed by atoms with Crippen LogP contribution >= 0.6 is 11.6 Å². The fourth-order valence-corrected chi connectivity index (χ4v) is 5.21. The second-order valence-electron chi connectivity index (χ2n) is 9.53. The number of ether oxygens (including phenoxy) is 2. The van der Waals surface area contributed by atoms with Crippen LogP contribution in [0.5, 0.6) is 5.75 Å². The van der Waals surface area contributed by atoms with Gasteiger partial charge in [0.2, 0.25) is 0 Å². The van der Waals surface area contributed by atoms with Gasteiger partial charge < -0.3 is 14.4 Å². The van der Waals surface area contributed by atoms with E-state index in [9.17, 15) is 5.26 Å². The number of rotatable bonds is 7. The van der Waals surface area contributed by atoms with Gasteiger partial charge in [-0.1, -0.05) is 23.7 Å². The van der Waals surface area contributed by atoms with Crippen molar-refractivity contribution in [3.8, 4) is 22.9 Å². The summed E-state index contributed by atoms with van der Waals surface area (Å²) < 4.78 is 13.2. The van der Waals surface area contributed by atoms with Crippen molar-refractivity contribution in [3.63, 3.8) is 0 Å². The Kier molecular flexibility index (Phi) is 5.79. The molecule has 0 bridgehead atoms. The molecule has 0 saturated heterocycles. The van der Waals surface area contributed by atoms with Crippen LogP contribution in [-0.4, -0.2) is 28.3 Å². The summed E-state index contributed by atoms with van der Waals surface area (Å²) in [6.45, 7) is 4.64. The molecule has 2 aromatic heterocycles. The third-order valence-electron chi connectivity index (χ3n) is 6.96. The van der Waals surface area contributed by atoms with Gasteiger partial charge in [0.05, 0.1) is 53.9 Å². The fraction of sp³-hybridized carbons (Fsp3) is 0.321. The molecule has 6 rings (SSSR count). The van der Waals surface area contributed by atoms with Gasteiger partial charge >= 0.3 is 0 Å². The number of methoxy groups -OCH3 is 1. The number of nitrogens with zero attached hydrogens (tertiary/aromatic N) is 5. The van der Waals surface area contributed by atoms with Crippen LogP contribution in [0.3, 0.4) is 0 Å². The molecule has 182 valence electrons. The third kappa shape index (κ3) is 4.06. The number of anilines is 1. The van der Waals surface area contributed by atoms with E-state index in [0.29, 0.717) is 42.0 Å². The van der Waals surface area contributed by atoms with E-state index in [0.717, 1.165) is 51.7 Å².